The number of Topliss-reactive ketones (excluding diaryl/α,β-unsaturated/α-hetero) is 1. The summed E-state index contributed by atoms with van der Waals surface area (Å²) in [6.07, 6.45) is 5.51. The number of ketones is 1. The molecule has 2 aromatic carbocycles. The molecule has 1 fully saturated rings. The van der Waals surface area contributed by atoms with Gasteiger partial charge in [-0.2, -0.15) is 0 Å². The third-order valence-corrected chi connectivity index (χ3v) is 5.75. The Bertz CT molecular complexity index is 984. The van der Waals surface area contributed by atoms with Crippen LogP contribution >= 0.6 is 0 Å². The second kappa shape index (κ2) is 9.96. The van der Waals surface area contributed by atoms with E-state index in [-0.39, 0.29) is 11.5 Å². The van der Waals surface area contributed by atoms with E-state index < -0.39 is 0 Å². The fraction of sp³-hybridized carbons (Fsp3) is 0.400. The number of carbonyl (C=O) groups excluding carboxylic acids is 1. The molecule has 7 heteroatoms. The molecule has 2 aromatic rings. The van der Waals surface area contributed by atoms with Gasteiger partial charge in [0.05, 0.1) is 26.9 Å². The minimum atomic E-state index is -0.173. The number of methoxy groups -OCH3 is 3. The van der Waals surface area contributed by atoms with E-state index in [9.17, 15) is 4.79 Å². The molecule has 0 unspecified atom stereocenters. The number of hydrogen-bond acceptors (Lipinski definition) is 7. The molecule has 32 heavy (non-hydrogen) atoms. The van der Waals surface area contributed by atoms with Gasteiger partial charge in [-0.15, -0.1) is 0 Å². The molecular formula is C25H29NO6. The maximum atomic E-state index is 12.8. The third kappa shape index (κ3) is 4.67. The predicted octanol–water partition coefficient (Wildman–Crippen LogP) is 4.19. The Morgan fingerprint density at radius 3 is 2.34 bits per heavy atom. The van der Waals surface area contributed by atoms with Gasteiger partial charge >= 0.3 is 0 Å². The average molecular weight is 440 g/mol. The van der Waals surface area contributed by atoms with Crippen molar-refractivity contribution in [1.29, 1.82) is 0 Å². The van der Waals surface area contributed by atoms with E-state index in [4.69, 9.17) is 23.7 Å². The van der Waals surface area contributed by atoms with Crippen LogP contribution < -0.4 is 23.7 Å². The summed E-state index contributed by atoms with van der Waals surface area (Å²) in [4.78, 5) is 15.3. The molecule has 0 radical (unpaired) electrons. The zero-order chi connectivity index (χ0) is 22.5. The Morgan fingerprint density at radius 2 is 1.69 bits per heavy atom. The highest BCUT2D eigenvalue weighted by Crippen LogP contribution is 2.40. The van der Waals surface area contributed by atoms with E-state index in [0.717, 1.165) is 19.6 Å². The van der Waals surface area contributed by atoms with E-state index >= 15 is 0 Å². The fourth-order valence-electron chi connectivity index (χ4n) is 4.07. The van der Waals surface area contributed by atoms with E-state index in [2.05, 4.69) is 4.90 Å². The van der Waals surface area contributed by atoms with Gasteiger partial charge < -0.3 is 23.7 Å². The minimum absolute atomic E-state index is 0.173. The molecule has 170 valence electrons. The number of nitrogens with zero attached hydrogens (tertiary/aromatic N) is 1. The van der Waals surface area contributed by atoms with Gasteiger partial charge in [0.2, 0.25) is 11.5 Å². The van der Waals surface area contributed by atoms with Crippen molar-refractivity contribution >= 4 is 11.9 Å². The smallest absolute Gasteiger partial charge is 0.231 e. The maximum absolute atomic E-state index is 12.8. The zero-order valence-electron chi connectivity index (χ0n) is 18.8. The van der Waals surface area contributed by atoms with Crippen LogP contribution in [0.2, 0.25) is 0 Å². The topological polar surface area (TPSA) is 66.5 Å². The third-order valence-electron chi connectivity index (χ3n) is 5.75. The van der Waals surface area contributed by atoms with Crippen LogP contribution in [0.3, 0.4) is 0 Å². The van der Waals surface area contributed by atoms with Gasteiger partial charge in [0.15, 0.2) is 17.3 Å². The van der Waals surface area contributed by atoms with Crippen molar-refractivity contribution in [2.24, 2.45) is 0 Å². The fourth-order valence-corrected chi connectivity index (χ4v) is 4.07. The number of benzene rings is 2. The predicted molar refractivity (Wildman–Crippen MR) is 121 cm³/mol. The molecule has 0 atom stereocenters. The first-order valence-corrected chi connectivity index (χ1v) is 10.9. The largest absolute Gasteiger partial charge is 0.493 e. The first-order valence-electron chi connectivity index (χ1n) is 10.9. The number of rotatable bonds is 8. The first-order chi connectivity index (χ1) is 15.6. The van der Waals surface area contributed by atoms with Crippen LogP contribution in [0, 0.1) is 0 Å². The normalized spacial score (nSPS) is 17.1. The zero-order valence-corrected chi connectivity index (χ0v) is 18.8. The van der Waals surface area contributed by atoms with Crippen LogP contribution in [0.15, 0.2) is 36.1 Å². The number of carbonyl (C=O) groups is 1. The number of fused-ring (bicyclic) bond motifs is 1. The molecule has 7 nitrogen and oxygen atoms in total. The molecule has 2 heterocycles. The van der Waals surface area contributed by atoms with E-state index in [1.54, 1.807) is 51.7 Å². The number of ether oxygens (including phenoxy) is 5. The molecule has 0 spiro atoms. The summed E-state index contributed by atoms with van der Waals surface area (Å²) in [5.74, 6) is 2.77. The molecule has 1 saturated heterocycles. The average Bonchev–Trinajstić information content (AvgIpc) is 3.13. The highest BCUT2D eigenvalue weighted by Gasteiger charge is 2.28. The van der Waals surface area contributed by atoms with Crippen LogP contribution in [0.1, 0.15) is 35.2 Å². The second-order valence-corrected chi connectivity index (χ2v) is 7.81. The lowest BCUT2D eigenvalue weighted by atomic mass is 10.1. The summed E-state index contributed by atoms with van der Waals surface area (Å²) >= 11 is 0. The Kier molecular flexibility index (Phi) is 6.85. The van der Waals surface area contributed by atoms with Crippen LogP contribution in [0.4, 0.5) is 0 Å². The molecule has 0 aliphatic carbocycles. The molecule has 4 rings (SSSR count). The summed E-state index contributed by atoms with van der Waals surface area (Å²) in [5, 5.41) is 0. The van der Waals surface area contributed by atoms with Gasteiger partial charge in [-0.05, 0) is 61.8 Å². The van der Waals surface area contributed by atoms with Crippen molar-refractivity contribution in [3.05, 3.63) is 47.2 Å². The van der Waals surface area contributed by atoms with Crippen molar-refractivity contribution in [2.45, 2.75) is 19.3 Å². The monoisotopic (exact) mass is 439 g/mol. The molecule has 0 amide bonds. The Balaban J connectivity index is 1.47. The van der Waals surface area contributed by atoms with Crippen molar-refractivity contribution < 1.29 is 28.5 Å². The first kappa shape index (κ1) is 22.0. The molecule has 0 N–H and O–H groups in total. The SMILES string of the molecule is COc1cc(/C=C2\Oc3cc(OCCN4CCCCC4)ccc3C2=O)cc(OC)c1OC. The highest BCUT2D eigenvalue weighted by atomic mass is 16.5. The summed E-state index contributed by atoms with van der Waals surface area (Å²) in [7, 11) is 4.65. The van der Waals surface area contributed by atoms with Gasteiger partial charge in [-0.25, -0.2) is 0 Å². The quantitative estimate of drug-likeness (QED) is 0.571. The van der Waals surface area contributed by atoms with Crippen LogP contribution in [-0.2, 0) is 0 Å². The van der Waals surface area contributed by atoms with E-state index in [0.29, 0.717) is 46.5 Å². The lowest BCUT2D eigenvalue weighted by Crippen LogP contribution is -2.33. The molecule has 2 aliphatic rings. The molecule has 0 bridgehead atoms. The number of hydrogen-bond donors (Lipinski definition) is 0. The van der Waals surface area contributed by atoms with Crippen molar-refractivity contribution in [3.8, 4) is 28.7 Å². The Labute approximate surface area is 188 Å². The molecule has 0 saturated carbocycles. The number of allylic oxidation sites excluding steroid dienone is 1. The molecular weight excluding hydrogens is 410 g/mol. The van der Waals surface area contributed by atoms with Crippen LogP contribution in [0.25, 0.3) is 6.08 Å². The van der Waals surface area contributed by atoms with Crippen molar-refractivity contribution in [2.75, 3.05) is 47.6 Å². The summed E-state index contributed by atoms with van der Waals surface area (Å²) in [6, 6.07) is 8.88. The van der Waals surface area contributed by atoms with Crippen LogP contribution in [0.5, 0.6) is 28.7 Å². The van der Waals surface area contributed by atoms with Crippen LogP contribution in [-0.4, -0.2) is 58.3 Å². The second-order valence-electron chi connectivity index (χ2n) is 7.81. The standard InChI is InChI=1S/C25H29NO6/c1-28-22-14-17(15-23(29-2)25(22)30-3)13-21-24(27)19-8-7-18(16-20(19)32-21)31-12-11-26-9-5-4-6-10-26/h7-8,13-16H,4-6,9-12H2,1-3H3/b21-13-. The Hall–Kier alpha value is -3.19. The van der Waals surface area contributed by atoms with Gasteiger partial charge in [-0.3, -0.25) is 9.69 Å². The summed E-state index contributed by atoms with van der Waals surface area (Å²) < 4.78 is 27.9. The Morgan fingerprint density at radius 1 is 0.969 bits per heavy atom. The van der Waals surface area contributed by atoms with Gasteiger partial charge in [0.25, 0.3) is 0 Å². The highest BCUT2D eigenvalue weighted by molar-refractivity contribution is 6.14. The number of piperidine rings is 1. The van der Waals surface area contributed by atoms with E-state index in [1.807, 2.05) is 6.07 Å². The van der Waals surface area contributed by atoms with Gasteiger partial charge in [-0.1, -0.05) is 6.42 Å². The van der Waals surface area contributed by atoms with Crippen molar-refractivity contribution in [3.63, 3.8) is 0 Å². The summed E-state index contributed by atoms with van der Waals surface area (Å²) in [6.45, 7) is 3.80. The molecule has 2 aliphatic heterocycles. The molecule has 0 aromatic heterocycles. The van der Waals surface area contributed by atoms with Gasteiger partial charge in [0, 0.05) is 12.6 Å². The van der Waals surface area contributed by atoms with Crippen molar-refractivity contribution in [1.82, 2.24) is 4.90 Å². The van der Waals surface area contributed by atoms with Gasteiger partial charge in [0.1, 0.15) is 18.1 Å². The maximum Gasteiger partial charge on any atom is 0.231 e. The van der Waals surface area contributed by atoms with E-state index in [1.165, 1.54) is 19.3 Å². The summed E-state index contributed by atoms with van der Waals surface area (Å²) in [5.41, 5.74) is 1.22. The minimum Gasteiger partial charge on any atom is -0.493 e. The number of likely N-dealkylation sites (tertiary alicyclic amines) is 1. The lowest BCUT2D eigenvalue weighted by molar-refractivity contribution is 0.101. The lowest BCUT2D eigenvalue weighted by Gasteiger charge is -2.26.